The van der Waals surface area contributed by atoms with Gasteiger partial charge in [-0.05, 0) is 30.3 Å². The summed E-state index contributed by atoms with van der Waals surface area (Å²) in [6.45, 7) is 5.34. The number of hydrogen-bond donors (Lipinski definition) is 3. The zero-order valence-electron chi connectivity index (χ0n) is 19.5. The zero-order chi connectivity index (χ0) is 24.9. The highest BCUT2D eigenvalue weighted by Crippen LogP contribution is 2.28. The van der Waals surface area contributed by atoms with Crippen molar-refractivity contribution in [3.05, 3.63) is 73.7 Å². The molecule has 4 aromatic rings. The average molecular weight is 484 g/mol. The zero-order valence-corrected chi connectivity index (χ0v) is 19.5. The van der Waals surface area contributed by atoms with Gasteiger partial charge in [0.25, 0.3) is 0 Å². The second-order valence-electron chi connectivity index (χ2n) is 8.21. The van der Waals surface area contributed by atoms with Gasteiger partial charge in [0.05, 0.1) is 42.4 Å². The molecule has 0 saturated carbocycles. The Bertz CT molecular complexity index is 1390. The fraction of sp³-hybridized carbons (Fsp3) is 0.192. The van der Waals surface area contributed by atoms with E-state index in [1.165, 1.54) is 6.08 Å². The van der Waals surface area contributed by atoms with Crippen LogP contribution < -0.4 is 15.5 Å². The van der Waals surface area contributed by atoms with E-state index >= 15 is 0 Å². The number of nitrogens with one attached hydrogen (secondary N) is 2. The molecule has 10 nitrogen and oxygen atoms in total. The van der Waals surface area contributed by atoms with Crippen molar-refractivity contribution < 1.29 is 14.6 Å². The summed E-state index contributed by atoms with van der Waals surface area (Å²) in [5.74, 6) is 0.950. The van der Waals surface area contributed by atoms with Crippen LogP contribution in [0.25, 0.3) is 22.2 Å². The van der Waals surface area contributed by atoms with Gasteiger partial charge in [0.15, 0.2) is 0 Å². The molecule has 0 spiro atoms. The number of pyridine rings is 2. The normalized spacial score (nSPS) is 15.5. The minimum atomic E-state index is -0.291. The molecule has 1 amide bonds. The summed E-state index contributed by atoms with van der Waals surface area (Å²) in [7, 11) is 0. The summed E-state index contributed by atoms with van der Waals surface area (Å²) < 4.78 is 5.51. The van der Waals surface area contributed by atoms with Crippen LogP contribution in [0.4, 0.5) is 23.1 Å². The summed E-state index contributed by atoms with van der Waals surface area (Å²) in [5.41, 5.74) is 3.57. The summed E-state index contributed by atoms with van der Waals surface area (Å²) in [4.78, 5) is 32.0. The van der Waals surface area contributed by atoms with Gasteiger partial charge in [0.2, 0.25) is 11.9 Å². The fourth-order valence-corrected chi connectivity index (χ4v) is 3.99. The fourth-order valence-electron chi connectivity index (χ4n) is 3.99. The van der Waals surface area contributed by atoms with E-state index in [1.54, 1.807) is 30.7 Å². The SMILES string of the molecule is C=CC(=O)Nc1ccnc(-c2cccc3cnc(Nc4ccc(N5CCO[C@@H](CO)C5)nc4)nc23)c1. The quantitative estimate of drug-likeness (QED) is 0.340. The van der Waals surface area contributed by atoms with Gasteiger partial charge in [-0.15, -0.1) is 0 Å². The standard InChI is InChI=1S/C26H25N7O3/c1-2-24(35)30-18-8-9-27-22(12-18)21-5-3-4-17-13-29-26(32-25(17)21)31-19-6-7-23(28-14-19)33-10-11-36-20(15-33)16-34/h2-9,12-14,20,34H,1,10-11,15-16H2,(H,27,30,35)(H,29,31,32)/t20-/m1/s1. The lowest BCUT2D eigenvalue weighted by molar-refractivity contribution is -0.111. The van der Waals surface area contributed by atoms with Crippen molar-refractivity contribution in [3.8, 4) is 11.3 Å². The van der Waals surface area contributed by atoms with E-state index in [2.05, 4.69) is 37.1 Å². The number of para-hydroxylation sites is 1. The van der Waals surface area contributed by atoms with E-state index in [-0.39, 0.29) is 18.6 Å². The van der Waals surface area contributed by atoms with E-state index in [0.29, 0.717) is 30.5 Å². The molecule has 1 saturated heterocycles. The molecular formula is C26H25N7O3. The molecule has 3 N–H and O–H groups in total. The molecule has 1 aliphatic rings. The molecule has 3 aromatic heterocycles. The molecule has 10 heteroatoms. The Labute approximate surface area is 207 Å². The Balaban J connectivity index is 1.38. The Morgan fingerprint density at radius 1 is 1.17 bits per heavy atom. The molecule has 4 heterocycles. The topological polar surface area (TPSA) is 125 Å². The number of rotatable bonds is 7. The maximum Gasteiger partial charge on any atom is 0.247 e. The first-order valence-electron chi connectivity index (χ1n) is 11.5. The maximum atomic E-state index is 11.7. The number of nitrogens with zero attached hydrogens (tertiary/aromatic N) is 5. The van der Waals surface area contributed by atoms with E-state index in [9.17, 15) is 9.90 Å². The first kappa shape index (κ1) is 23.3. The number of aromatic nitrogens is 4. The highest BCUT2D eigenvalue weighted by molar-refractivity contribution is 5.99. The van der Waals surface area contributed by atoms with E-state index in [0.717, 1.165) is 34.5 Å². The van der Waals surface area contributed by atoms with Crippen LogP contribution in [-0.4, -0.2) is 63.4 Å². The first-order chi connectivity index (χ1) is 17.6. The molecular weight excluding hydrogens is 458 g/mol. The van der Waals surface area contributed by atoms with Crippen LogP contribution in [0.3, 0.4) is 0 Å². The molecule has 0 bridgehead atoms. The van der Waals surface area contributed by atoms with Gasteiger partial charge in [-0.2, -0.15) is 0 Å². The lowest BCUT2D eigenvalue weighted by Crippen LogP contribution is -2.44. The molecule has 0 aliphatic carbocycles. The van der Waals surface area contributed by atoms with Gasteiger partial charge in [0, 0.05) is 42.1 Å². The molecule has 1 aliphatic heterocycles. The van der Waals surface area contributed by atoms with Crippen LogP contribution in [0.2, 0.25) is 0 Å². The second kappa shape index (κ2) is 10.5. The number of anilines is 4. The molecule has 1 atom stereocenters. The number of benzene rings is 1. The number of amides is 1. The van der Waals surface area contributed by atoms with E-state index < -0.39 is 0 Å². The number of ether oxygens (including phenoxy) is 1. The number of aliphatic hydroxyl groups excluding tert-OH is 1. The Hall–Kier alpha value is -4.41. The lowest BCUT2D eigenvalue weighted by Gasteiger charge is -2.32. The Morgan fingerprint density at radius 2 is 2.08 bits per heavy atom. The van der Waals surface area contributed by atoms with E-state index in [4.69, 9.17) is 9.72 Å². The second-order valence-corrected chi connectivity index (χ2v) is 8.21. The largest absolute Gasteiger partial charge is 0.394 e. The minimum Gasteiger partial charge on any atom is -0.394 e. The van der Waals surface area contributed by atoms with Crippen LogP contribution in [0, 0.1) is 0 Å². The smallest absolute Gasteiger partial charge is 0.247 e. The molecule has 0 unspecified atom stereocenters. The third-order valence-electron chi connectivity index (χ3n) is 5.77. The van der Waals surface area contributed by atoms with Crippen LogP contribution in [0.1, 0.15) is 0 Å². The summed E-state index contributed by atoms with van der Waals surface area (Å²) in [6, 6.07) is 13.1. The van der Waals surface area contributed by atoms with Crippen molar-refractivity contribution in [2.24, 2.45) is 0 Å². The number of aliphatic hydroxyl groups is 1. The maximum absolute atomic E-state index is 11.7. The number of hydrogen-bond acceptors (Lipinski definition) is 9. The molecule has 36 heavy (non-hydrogen) atoms. The van der Waals surface area contributed by atoms with Crippen molar-refractivity contribution in [2.45, 2.75) is 6.10 Å². The highest BCUT2D eigenvalue weighted by atomic mass is 16.5. The van der Waals surface area contributed by atoms with Crippen molar-refractivity contribution in [1.29, 1.82) is 0 Å². The van der Waals surface area contributed by atoms with Gasteiger partial charge in [-0.1, -0.05) is 24.8 Å². The predicted octanol–water partition coefficient (Wildman–Crippen LogP) is 3.15. The molecule has 182 valence electrons. The van der Waals surface area contributed by atoms with Crippen LogP contribution in [-0.2, 0) is 9.53 Å². The average Bonchev–Trinajstić information content (AvgIpc) is 2.93. The van der Waals surface area contributed by atoms with Crippen molar-refractivity contribution in [1.82, 2.24) is 19.9 Å². The predicted molar refractivity (Wildman–Crippen MR) is 138 cm³/mol. The summed E-state index contributed by atoms with van der Waals surface area (Å²) in [5, 5.41) is 16.2. The highest BCUT2D eigenvalue weighted by Gasteiger charge is 2.20. The monoisotopic (exact) mass is 483 g/mol. The minimum absolute atomic E-state index is 0.0132. The van der Waals surface area contributed by atoms with Crippen molar-refractivity contribution in [2.75, 3.05) is 41.8 Å². The van der Waals surface area contributed by atoms with Gasteiger partial charge in [-0.25, -0.2) is 15.0 Å². The van der Waals surface area contributed by atoms with Gasteiger partial charge >= 0.3 is 0 Å². The molecule has 1 fully saturated rings. The number of morpholine rings is 1. The van der Waals surface area contributed by atoms with Crippen LogP contribution in [0.15, 0.2) is 73.7 Å². The molecule has 1 aromatic carbocycles. The van der Waals surface area contributed by atoms with Crippen LogP contribution >= 0.6 is 0 Å². The number of carbonyl (C=O) groups is 1. The van der Waals surface area contributed by atoms with Crippen LogP contribution in [0.5, 0.6) is 0 Å². The third-order valence-corrected chi connectivity index (χ3v) is 5.77. The Kier molecular flexibility index (Phi) is 6.78. The first-order valence-corrected chi connectivity index (χ1v) is 11.5. The van der Waals surface area contributed by atoms with Gasteiger partial charge < -0.3 is 25.4 Å². The number of fused-ring (bicyclic) bond motifs is 1. The molecule has 5 rings (SSSR count). The van der Waals surface area contributed by atoms with E-state index in [1.807, 2.05) is 30.3 Å². The summed E-state index contributed by atoms with van der Waals surface area (Å²) in [6.07, 6.45) is 6.13. The van der Waals surface area contributed by atoms with Crippen molar-refractivity contribution in [3.63, 3.8) is 0 Å². The number of carbonyl (C=O) groups excluding carboxylic acids is 1. The third kappa shape index (κ3) is 5.14. The van der Waals surface area contributed by atoms with Crippen molar-refractivity contribution >= 4 is 40.0 Å². The van der Waals surface area contributed by atoms with Gasteiger partial charge in [0.1, 0.15) is 5.82 Å². The Morgan fingerprint density at radius 3 is 2.89 bits per heavy atom. The lowest BCUT2D eigenvalue weighted by atomic mass is 10.1. The van der Waals surface area contributed by atoms with Gasteiger partial charge in [-0.3, -0.25) is 9.78 Å². The molecule has 0 radical (unpaired) electrons. The summed E-state index contributed by atoms with van der Waals surface area (Å²) >= 11 is 0.